The molecule has 80 valence electrons. The molecule has 2 aliphatic carbocycles. The number of nitrogens with zero attached hydrogens (tertiary/aromatic N) is 2. The summed E-state index contributed by atoms with van der Waals surface area (Å²) < 4.78 is 38.1. The molecule has 0 aromatic carbocycles. The van der Waals surface area contributed by atoms with Crippen molar-refractivity contribution >= 4 is 0 Å². The van der Waals surface area contributed by atoms with Gasteiger partial charge in [-0.25, -0.2) is 0 Å². The highest BCUT2D eigenvalue weighted by Crippen LogP contribution is 2.59. The van der Waals surface area contributed by atoms with Gasteiger partial charge in [-0.2, -0.15) is 23.7 Å². The number of fused-ring (bicyclic) bond motifs is 2. The Kier molecular flexibility index (Phi) is 2.15. The highest BCUT2D eigenvalue weighted by Gasteiger charge is 2.62. The summed E-state index contributed by atoms with van der Waals surface area (Å²) in [5, 5.41) is 17.5. The van der Waals surface area contributed by atoms with E-state index in [9.17, 15) is 13.2 Å². The fraction of sp³-hybridized carbons (Fsp3) is 0.800. The second-order valence-corrected chi connectivity index (χ2v) is 4.35. The van der Waals surface area contributed by atoms with Gasteiger partial charge in [-0.15, -0.1) is 0 Å². The fourth-order valence-corrected chi connectivity index (χ4v) is 3.14. The van der Waals surface area contributed by atoms with Gasteiger partial charge in [-0.3, -0.25) is 0 Å². The van der Waals surface area contributed by atoms with Gasteiger partial charge in [-0.1, -0.05) is 0 Å². The molecule has 0 N–H and O–H groups in total. The lowest BCUT2D eigenvalue weighted by molar-refractivity contribution is -0.198. The zero-order chi connectivity index (χ0) is 11.2. The second kappa shape index (κ2) is 3.13. The van der Waals surface area contributed by atoms with Crippen LogP contribution in [-0.2, 0) is 0 Å². The minimum Gasteiger partial charge on any atom is -0.198 e. The second-order valence-electron chi connectivity index (χ2n) is 4.35. The number of halogens is 3. The predicted octanol–water partition coefficient (Wildman–Crippen LogP) is 2.48. The molecular weight excluding hydrogens is 205 g/mol. The Labute approximate surface area is 85.3 Å². The highest BCUT2D eigenvalue weighted by molar-refractivity contribution is 5.13. The van der Waals surface area contributed by atoms with E-state index in [0.29, 0.717) is 12.8 Å². The summed E-state index contributed by atoms with van der Waals surface area (Å²) >= 11 is 0. The predicted molar refractivity (Wildman–Crippen MR) is 44.0 cm³/mol. The lowest BCUT2D eigenvalue weighted by Gasteiger charge is -2.30. The highest BCUT2D eigenvalue weighted by atomic mass is 19.4. The fourth-order valence-electron chi connectivity index (χ4n) is 3.14. The van der Waals surface area contributed by atoms with Crippen molar-refractivity contribution in [1.82, 2.24) is 0 Å². The van der Waals surface area contributed by atoms with Gasteiger partial charge in [-0.05, 0) is 24.7 Å². The average molecular weight is 214 g/mol. The lowest BCUT2D eigenvalue weighted by Crippen LogP contribution is -2.37. The van der Waals surface area contributed by atoms with Crippen molar-refractivity contribution in [2.24, 2.45) is 29.6 Å². The van der Waals surface area contributed by atoms with E-state index in [0.717, 1.165) is 0 Å². The molecule has 0 saturated heterocycles. The molecule has 2 fully saturated rings. The van der Waals surface area contributed by atoms with Crippen molar-refractivity contribution in [2.45, 2.75) is 19.0 Å². The van der Waals surface area contributed by atoms with Crippen LogP contribution in [0.4, 0.5) is 13.2 Å². The molecule has 2 saturated carbocycles. The molecular formula is C10H9F3N2. The summed E-state index contributed by atoms with van der Waals surface area (Å²) in [6.07, 6.45) is -3.48. The molecule has 5 atom stereocenters. The van der Waals surface area contributed by atoms with Crippen LogP contribution in [0.1, 0.15) is 12.8 Å². The SMILES string of the molecule is N#CC1CC2CC1C(C(F)(F)F)C2C#N. The van der Waals surface area contributed by atoms with E-state index >= 15 is 0 Å². The minimum absolute atomic E-state index is 0.226. The van der Waals surface area contributed by atoms with E-state index in [1.54, 1.807) is 6.07 Å². The molecule has 15 heavy (non-hydrogen) atoms. The standard InChI is InChI=1S/C10H9F3N2/c11-10(12,13)9-7-2-5(8(9)4-15)1-6(7)3-14/h5-9H,1-2H2. The van der Waals surface area contributed by atoms with Crippen molar-refractivity contribution in [3.8, 4) is 12.1 Å². The molecule has 0 amide bonds. The maximum absolute atomic E-state index is 12.7. The number of nitriles is 2. The Bertz CT molecular complexity index is 349. The van der Waals surface area contributed by atoms with Crippen molar-refractivity contribution < 1.29 is 13.2 Å². The first kappa shape index (κ1) is 10.3. The molecule has 5 heteroatoms. The van der Waals surface area contributed by atoms with E-state index in [1.807, 2.05) is 6.07 Å². The van der Waals surface area contributed by atoms with Crippen LogP contribution in [0.15, 0.2) is 0 Å². The van der Waals surface area contributed by atoms with E-state index < -0.39 is 29.8 Å². The summed E-state index contributed by atoms with van der Waals surface area (Å²) in [4.78, 5) is 0. The third kappa shape index (κ3) is 1.38. The topological polar surface area (TPSA) is 47.6 Å². The Morgan fingerprint density at radius 1 is 1.07 bits per heavy atom. The maximum Gasteiger partial charge on any atom is 0.393 e. The van der Waals surface area contributed by atoms with E-state index in [2.05, 4.69) is 0 Å². The molecule has 2 rings (SSSR count). The van der Waals surface area contributed by atoms with E-state index in [-0.39, 0.29) is 5.92 Å². The van der Waals surface area contributed by atoms with Crippen molar-refractivity contribution in [3.63, 3.8) is 0 Å². The Morgan fingerprint density at radius 2 is 1.73 bits per heavy atom. The normalized spacial score (nSPS) is 43.7. The van der Waals surface area contributed by atoms with Crippen LogP contribution < -0.4 is 0 Å². The third-order valence-electron chi connectivity index (χ3n) is 3.70. The van der Waals surface area contributed by atoms with Gasteiger partial charge >= 0.3 is 6.18 Å². The summed E-state index contributed by atoms with van der Waals surface area (Å²) in [5.41, 5.74) is 0. The molecule has 0 heterocycles. The molecule has 5 unspecified atom stereocenters. The van der Waals surface area contributed by atoms with Crippen molar-refractivity contribution in [3.05, 3.63) is 0 Å². The number of hydrogen-bond acceptors (Lipinski definition) is 2. The molecule has 2 nitrogen and oxygen atoms in total. The number of hydrogen-bond donors (Lipinski definition) is 0. The molecule has 0 aliphatic heterocycles. The lowest BCUT2D eigenvalue weighted by atomic mass is 9.74. The van der Waals surface area contributed by atoms with Gasteiger partial charge in [0.1, 0.15) is 0 Å². The van der Waals surface area contributed by atoms with Crippen LogP contribution in [0.5, 0.6) is 0 Å². The smallest absolute Gasteiger partial charge is 0.198 e. The van der Waals surface area contributed by atoms with Gasteiger partial charge in [0.05, 0.1) is 29.9 Å². The maximum atomic E-state index is 12.7. The summed E-state index contributed by atoms with van der Waals surface area (Å²) in [5.74, 6) is -3.89. The largest absolute Gasteiger partial charge is 0.393 e. The monoisotopic (exact) mass is 214 g/mol. The minimum atomic E-state index is -4.34. The van der Waals surface area contributed by atoms with Gasteiger partial charge in [0.15, 0.2) is 0 Å². The van der Waals surface area contributed by atoms with Crippen LogP contribution in [0.25, 0.3) is 0 Å². The number of alkyl halides is 3. The zero-order valence-corrected chi connectivity index (χ0v) is 7.83. The summed E-state index contributed by atoms with van der Waals surface area (Å²) in [6, 6.07) is 3.70. The summed E-state index contributed by atoms with van der Waals surface area (Å²) in [6.45, 7) is 0. The van der Waals surface area contributed by atoms with E-state index in [4.69, 9.17) is 10.5 Å². The third-order valence-corrected chi connectivity index (χ3v) is 3.70. The number of rotatable bonds is 0. The van der Waals surface area contributed by atoms with Crippen LogP contribution in [0.3, 0.4) is 0 Å². The van der Waals surface area contributed by atoms with Gasteiger partial charge in [0.2, 0.25) is 0 Å². The van der Waals surface area contributed by atoms with Crippen LogP contribution in [0.2, 0.25) is 0 Å². The molecule has 2 aliphatic rings. The average Bonchev–Trinajstić information content (AvgIpc) is 2.71. The Balaban J connectivity index is 2.30. The van der Waals surface area contributed by atoms with Crippen LogP contribution >= 0.6 is 0 Å². The zero-order valence-electron chi connectivity index (χ0n) is 7.83. The molecule has 0 aromatic heterocycles. The van der Waals surface area contributed by atoms with Gasteiger partial charge in [0.25, 0.3) is 0 Å². The first-order valence-corrected chi connectivity index (χ1v) is 4.85. The quantitative estimate of drug-likeness (QED) is 0.621. The summed E-state index contributed by atoms with van der Waals surface area (Å²) in [7, 11) is 0. The van der Waals surface area contributed by atoms with Crippen LogP contribution in [0, 0.1) is 52.3 Å². The first-order chi connectivity index (χ1) is 6.99. The Morgan fingerprint density at radius 3 is 2.20 bits per heavy atom. The van der Waals surface area contributed by atoms with Gasteiger partial charge in [0, 0.05) is 0 Å². The molecule has 2 bridgehead atoms. The molecule has 0 radical (unpaired) electrons. The molecule has 0 aromatic rings. The first-order valence-electron chi connectivity index (χ1n) is 4.85. The van der Waals surface area contributed by atoms with E-state index in [1.165, 1.54) is 0 Å². The van der Waals surface area contributed by atoms with Gasteiger partial charge < -0.3 is 0 Å². The van der Waals surface area contributed by atoms with Crippen molar-refractivity contribution in [1.29, 1.82) is 10.5 Å². The Hall–Kier alpha value is -1.23. The van der Waals surface area contributed by atoms with Crippen LogP contribution in [-0.4, -0.2) is 6.18 Å². The molecule has 0 spiro atoms. The van der Waals surface area contributed by atoms with Crippen molar-refractivity contribution in [2.75, 3.05) is 0 Å².